The lowest BCUT2D eigenvalue weighted by molar-refractivity contribution is 0.561. The van der Waals surface area contributed by atoms with Crippen LogP contribution in [0.2, 0.25) is 0 Å². The molecule has 1 unspecified atom stereocenters. The lowest BCUT2D eigenvalue weighted by atomic mass is 10.1. The minimum atomic E-state index is 0.322. The average Bonchev–Trinajstić information content (AvgIpc) is 3.27. The van der Waals surface area contributed by atoms with Gasteiger partial charge in [-0.3, -0.25) is 4.98 Å². The van der Waals surface area contributed by atoms with E-state index in [2.05, 4.69) is 40.3 Å². The van der Waals surface area contributed by atoms with Crippen LogP contribution < -0.4 is 10.2 Å². The zero-order chi connectivity index (χ0) is 13.7. The van der Waals surface area contributed by atoms with Gasteiger partial charge in [0.25, 0.3) is 0 Å². The van der Waals surface area contributed by atoms with Crippen LogP contribution in [0.5, 0.6) is 0 Å². The van der Waals surface area contributed by atoms with Crippen molar-refractivity contribution in [2.45, 2.75) is 44.7 Å². The van der Waals surface area contributed by atoms with Crippen LogP contribution in [0.4, 0.5) is 5.69 Å². The molecule has 0 amide bonds. The van der Waals surface area contributed by atoms with Crippen molar-refractivity contribution in [3.05, 3.63) is 24.0 Å². The fraction of sp³-hybridized carbons (Fsp3) is 0.600. The lowest BCUT2D eigenvalue weighted by Gasteiger charge is -2.24. The zero-order valence-electron chi connectivity index (χ0n) is 11.8. The van der Waals surface area contributed by atoms with E-state index >= 15 is 0 Å². The Balaban J connectivity index is 2.09. The number of hydrogen-bond acceptors (Lipinski definition) is 4. The standard InChI is InChI=1S/C15H22N4/c1-3-14(17-2)15-8-7-13(11-18-15)19(10-4-9-16)12-5-6-12/h7-8,11-12,14,17H,3-6,10H2,1-2H3. The van der Waals surface area contributed by atoms with Gasteiger partial charge in [-0.15, -0.1) is 0 Å². The summed E-state index contributed by atoms with van der Waals surface area (Å²) in [6.07, 6.45) is 6.03. The van der Waals surface area contributed by atoms with Gasteiger partial charge in [-0.1, -0.05) is 6.92 Å². The van der Waals surface area contributed by atoms with Crippen LogP contribution in [0.15, 0.2) is 18.3 Å². The SMILES string of the molecule is CCC(NC)c1ccc(N(CCC#N)C2CC2)cn1. The van der Waals surface area contributed by atoms with E-state index in [1.165, 1.54) is 12.8 Å². The van der Waals surface area contributed by atoms with E-state index < -0.39 is 0 Å². The number of hydrogen-bond donors (Lipinski definition) is 1. The molecule has 1 aliphatic rings. The second-order valence-electron chi connectivity index (χ2n) is 5.02. The topological polar surface area (TPSA) is 52.0 Å². The normalized spacial score (nSPS) is 15.8. The third-order valence-electron chi connectivity index (χ3n) is 3.67. The first-order valence-electron chi connectivity index (χ1n) is 7.07. The van der Waals surface area contributed by atoms with Gasteiger partial charge in [-0.05, 0) is 38.4 Å². The molecule has 0 bridgehead atoms. The quantitative estimate of drug-likeness (QED) is 0.817. The molecule has 1 saturated carbocycles. The third-order valence-corrected chi connectivity index (χ3v) is 3.67. The Kier molecular flexibility index (Phi) is 4.75. The number of rotatable bonds is 7. The van der Waals surface area contributed by atoms with Crippen molar-refractivity contribution in [2.75, 3.05) is 18.5 Å². The van der Waals surface area contributed by atoms with Crippen LogP contribution in [0.1, 0.15) is 44.3 Å². The second-order valence-corrected chi connectivity index (χ2v) is 5.02. The van der Waals surface area contributed by atoms with E-state index in [0.29, 0.717) is 18.5 Å². The summed E-state index contributed by atoms with van der Waals surface area (Å²) in [6, 6.07) is 7.40. The van der Waals surface area contributed by atoms with Crippen molar-refractivity contribution >= 4 is 5.69 Å². The highest BCUT2D eigenvalue weighted by Crippen LogP contribution is 2.31. The maximum Gasteiger partial charge on any atom is 0.0640 e. The molecule has 1 atom stereocenters. The molecule has 1 aromatic rings. The average molecular weight is 258 g/mol. The highest BCUT2D eigenvalue weighted by atomic mass is 15.2. The zero-order valence-corrected chi connectivity index (χ0v) is 11.8. The fourth-order valence-corrected chi connectivity index (χ4v) is 2.41. The molecule has 19 heavy (non-hydrogen) atoms. The molecule has 2 rings (SSSR count). The highest BCUT2D eigenvalue weighted by Gasteiger charge is 2.29. The Morgan fingerprint density at radius 1 is 1.53 bits per heavy atom. The Hall–Kier alpha value is -1.60. The molecule has 1 heterocycles. The van der Waals surface area contributed by atoms with Gasteiger partial charge in [-0.2, -0.15) is 5.26 Å². The van der Waals surface area contributed by atoms with E-state index in [1.807, 2.05) is 13.2 Å². The van der Waals surface area contributed by atoms with Gasteiger partial charge in [0.15, 0.2) is 0 Å². The van der Waals surface area contributed by atoms with Crippen LogP contribution in [-0.2, 0) is 0 Å². The molecule has 0 aliphatic heterocycles. The van der Waals surface area contributed by atoms with Crippen LogP contribution in [0.25, 0.3) is 0 Å². The Bertz CT molecular complexity index is 426. The van der Waals surface area contributed by atoms with Gasteiger partial charge in [0, 0.05) is 18.6 Å². The molecule has 1 N–H and O–H groups in total. The fourth-order valence-electron chi connectivity index (χ4n) is 2.41. The first-order valence-corrected chi connectivity index (χ1v) is 7.07. The van der Waals surface area contributed by atoms with Gasteiger partial charge in [0.05, 0.1) is 30.1 Å². The molecule has 0 saturated heterocycles. The number of nitrogens with one attached hydrogen (secondary N) is 1. The monoisotopic (exact) mass is 258 g/mol. The molecule has 4 nitrogen and oxygen atoms in total. The van der Waals surface area contributed by atoms with E-state index in [4.69, 9.17) is 5.26 Å². The molecule has 0 aromatic carbocycles. The Morgan fingerprint density at radius 2 is 2.32 bits per heavy atom. The summed E-state index contributed by atoms with van der Waals surface area (Å²) < 4.78 is 0. The summed E-state index contributed by atoms with van der Waals surface area (Å²) in [5, 5.41) is 12.0. The van der Waals surface area contributed by atoms with Crippen molar-refractivity contribution < 1.29 is 0 Å². The van der Waals surface area contributed by atoms with Gasteiger partial charge in [0.2, 0.25) is 0 Å². The molecule has 0 radical (unpaired) electrons. The molecular weight excluding hydrogens is 236 g/mol. The van der Waals surface area contributed by atoms with Crippen LogP contribution in [-0.4, -0.2) is 24.6 Å². The molecule has 0 spiro atoms. The van der Waals surface area contributed by atoms with E-state index in [1.54, 1.807) is 0 Å². The Labute approximate surface area is 115 Å². The van der Waals surface area contributed by atoms with Crippen LogP contribution in [0, 0.1) is 11.3 Å². The number of pyridine rings is 1. The minimum Gasteiger partial charge on any atom is -0.366 e. The highest BCUT2D eigenvalue weighted by molar-refractivity contribution is 5.47. The predicted octanol–water partition coefficient (Wildman–Crippen LogP) is 2.63. The molecule has 1 aromatic heterocycles. The van der Waals surface area contributed by atoms with Crippen molar-refractivity contribution in [1.29, 1.82) is 5.26 Å². The number of aromatic nitrogens is 1. The number of nitrogens with zero attached hydrogens (tertiary/aromatic N) is 3. The van der Waals surface area contributed by atoms with Crippen LogP contribution in [0.3, 0.4) is 0 Å². The van der Waals surface area contributed by atoms with Crippen molar-refractivity contribution in [3.8, 4) is 6.07 Å². The van der Waals surface area contributed by atoms with E-state index in [-0.39, 0.29) is 0 Å². The first-order chi connectivity index (χ1) is 9.30. The molecule has 4 heteroatoms. The maximum absolute atomic E-state index is 8.74. The molecule has 102 valence electrons. The van der Waals surface area contributed by atoms with E-state index in [0.717, 1.165) is 24.3 Å². The summed E-state index contributed by atoms with van der Waals surface area (Å²) in [6.45, 7) is 2.96. The van der Waals surface area contributed by atoms with Gasteiger partial charge in [0.1, 0.15) is 0 Å². The summed E-state index contributed by atoms with van der Waals surface area (Å²) in [5.74, 6) is 0. The predicted molar refractivity (Wildman–Crippen MR) is 76.9 cm³/mol. The second kappa shape index (κ2) is 6.53. The third kappa shape index (κ3) is 3.45. The van der Waals surface area contributed by atoms with Gasteiger partial charge >= 0.3 is 0 Å². The summed E-state index contributed by atoms with van der Waals surface area (Å²) in [5.41, 5.74) is 2.23. The lowest BCUT2D eigenvalue weighted by Crippen LogP contribution is -2.27. The van der Waals surface area contributed by atoms with Gasteiger partial charge < -0.3 is 10.2 Å². The van der Waals surface area contributed by atoms with Crippen molar-refractivity contribution in [3.63, 3.8) is 0 Å². The number of anilines is 1. The number of nitriles is 1. The molecular formula is C15H22N4. The minimum absolute atomic E-state index is 0.322. The largest absolute Gasteiger partial charge is 0.366 e. The first kappa shape index (κ1) is 13.8. The van der Waals surface area contributed by atoms with Crippen molar-refractivity contribution in [2.24, 2.45) is 0 Å². The summed E-state index contributed by atoms with van der Waals surface area (Å²) >= 11 is 0. The smallest absolute Gasteiger partial charge is 0.0640 e. The molecule has 1 fully saturated rings. The molecule has 1 aliphatic carbocycles. The van der Waals surface area contributed by atoms with E-state index in [9.17, 15) is 0 Å². The summed E-state index contributed by atoms with van der Waals surface area (Å²) in [4.78, 5) is 6.89. The van der Waals surface area contributed by atoms with Crippen molar-refractivity contribution in [1.82, 2.24) is 10.3 Å². The summed E-state index contributed by atoms with van der Waals surface area (Å²) in [7, 11) is 1.97. The van der Waals surface area contributed by atoms with Crippen LogP contribution >= 0.6 is 0 Å². The maximum atomic E-state index is 8.74. The van der Waals surface area contributed by atoms with Gasteiger partial charge in [-0.25, -0.2) is 0 Å². The Morgan fingerprint density at radius 3 is 2.79 bits per heavy atom.